The van der Waals surface area contributed by atoms with E-state index < -0.39 is 10.3 Å². The second-order valence-electron chi connectivity index (χ2n) is 5.97. The van der Waals surface area contributed by atoms with Crippen LogP contribution in [-0.2, 0) is 15.1 Å². The van der Waals surface area contributed by atoms with E-state index in [1.165, 1.54) is 18.2 Å². The van der Waals surface area contributed by atoms with E-state index in [4.69, 9.17) is 4.55 Å². The van der Waals surface area contributed by atoms with E-state index >= 15 is 0 Å². The molecule has 6 nitrogen and oxygen atoms in total. The van der Waals surface area contributed by atoms with Gasteiger partial charge in [0.05, 0.1) is 5.69 Å². The second kappa shape index (κ2) is 8.51. The smallest absolute Gasteiger partial charge is 0.323 e. The van der Waals surface area contributed by atoms with Crippen LogP contribution in [0.4, 0.5) is 11.4 Å². The molecule has 1 amide bonds. The van der Waals surface area contributed by atoms with Gasteiger partial charge in [-0.25, -0.2) is 0 Å². The molecule has 0 saturated heterocycles. The van der Waals surface area contributed by atoms with Crippen LogP contribution < -0.4 is 10.0 Å². The zero-order valence-electron chi connectivity index (χ0n) is 14.7. The monoisotopic (exact) mass is 394 g/mol. The van der Waals surface area contributed by atoms with Crippen LogP contribution in [0.1, 0.15) is 5.56 Å². The van der Waals surface area contributed by atoms with Crippen LogP contribution in [0.15, 0.2) is 84.9 Å². The number of anilines is 2. The van der Waals surface area contributed by atoms with Crippen molar-refractivity contribution >= 4 is 33.7 Å². The molecule has 0 radical (unpaired) electrons. The van der Waals surface area contributed by atoms with Crippen molar-refractivity contribution in [1.82, 2.24) is 0 Å². The van der Waals surface area contributed by atoms with E-state index in [-0.39, 0.29) is 11.6 Å². The largest absolute Gasteiger partial charge is 0.357 e. The van der Waals surface area contributed by atoms with E-state index in [0.29, 0.717) is 11.3 Å². The van der Waals surface area contributed by atoms with Gasteiger partial charge in [0.2, 0.25) is 5.91 Å². The molecule has 0 aromatic heterocycles. The first-order valence-electron chi connectivity index (χ1n) is 8.39. The Morgan fingerprint density at radius 2 is 1.36 bits per heavy atom. The summed E-state index contributed by atoms with van der Waals surface area (Å²) in [5.41, 5.74) is 3.78. The third-order valence-electron chi connectivity index (χ3n) is 3.84. The summed E-state index contributed by atoms with van der Waals surface area (Å²) >= 11 is 0. The van der Waals surface area contributed by atoms with E-state index in [1.807, 2.05) is 59.3 Å². The quantitative estimate of drug-likeness (QED) is 0.431. The SMILES string of the molecule is O=C(/C=C/c1ccc(NS(=O)(=O)O)cc1)Nc1ccc(-c2ccccc2)cc1. The molecule has 0 fully saturated rings. The summed E-state index contributed by atoms with van der Waals surface area (Å²) in [6.45, 7) is 0. The maximum atomic E-state index is 12.1. The predicted octanol–water partition coefficient (Wildman–Crippen LogP) is 4.22. The predicted molar refractivity (Wildman–Crippen MR) is 111 cm³/mol. The lowest BCUT2D eigenvalue weighted by atomic mass is 10.1. The summed E-state index contributed by atoms with van der Waals surface area (Å²) in [6.07, 6.45) is 2.99. The Kier molecular flexibility index (Phi) is 5.88. The van der Waals surface area contributed by atoms with Crippen molar-refractivity contribution in [3.8, 4) is 11.1 Å². The molecule has 3 rings (SSSR count). The molecule has 0 bridgehead atoms. The van der Waals surface area contributed by atoms with Gasteiger partial charge in [-0.1, -0.05) is 54.6 Å². The molecule has 0 spiro atoms. The van der Waals surface area contributed by atoms with Gasteiger partial charge in [-0.3, -0.25) is 14.1 Å². The third kappa shape index (κ3) is 5.80. The third-order valence-corrected chi connectivity index (χ3v) is 4.34. The van der Waals surface area contributed by atoms with Crippen LogP contribution in [0.5, 0.6) is 0 Å². The Balaban J connectivity index is 1.59. The van der Waals surface area contributed by atoms with Crippen LogP contribution in [0, 0.1) is 0 Å². The van der Waals surface area contributed by atoms with Gasteiger partial charge in [-0.2, -0.15) is 8.42 Å². The average Bonchev–Trinajstić information content (AvgIpc) is 2.68. The number of nitrogens with one attached hydrogen (secondary N) is 2. The first-order valence-corrected chi connectivity index (χ1v) is 9.83. The maximum absolute atomic E-state index is 12.1. The summed E-state index contributed by atoms with van der Waals surface area (Å²) in [5.74, 6) is -0.285. The molecule has 3 aromatic rings. The van der Waals surface area contributed by atoms with Gasteiger partial charge in [0.15, 0.2) is 0 Å². The number of amides is 1. The first kappa shape index (κ1) is 19.3. The number of carbonyl (C=O) groups is 1. The number of carbonyl (C=O) groups excluding carboxylic acids is 1. The van der Waals surface area contributed by atoms with E-state index in [1.54, 1.807) is 18.2 Å². The van der Waals surface area contributed by atoms with Gasteiger partial charge < -0.3 is 5.32 Å². The summed E-state index contributed by atoms with van der Waals surface area (Å²) in [6, 6.07) is 23.7. The molecule has 0 aliphatic carbocycles. The Bertz CT molecular complexity index is 1080. The van der Waals surface area contributed by atoms with Crippen LogP contribution in [-0.4, -0.2) is 18.9 Å². The summed E-state index contributed by atoms with van der Waals surface area (Å²) < 4.78 is 32.2. The Morgan fingerprint density at radius 1 is 0.786 bits per heavy atom. The highest BCUT2D eigenvalue weighted by Gasteiger charge is 2.03. The molecule has 0 heterocycles. The Hall–Kier alpha value is -3.42. The van der Waals surface area contributed by atoms with Gasteiger partial charge in [0.1, 0.15) is 0 Å². The average molecular weight is 394 g/mol. The lowest BCUT2D eigenvalue weighted by molar-refractivity contribution is -0.111. The van der Waals surface area contributed by atoms with Crippen molar-refractivity contribution in [2.75, 3.05) is 10.0 Å². The van der Waals surface area contributed by atoms with Crippen molar-refractivity contribution in [3.05, 3.63) is 90.5 Å². The zero-order chi connectivity index (χ0) is 20.0. The van der Waals surface area contributed by atoms with E-state index in [9.17, 15) is 13.2 Å². The summed E-state index contributed by atoms with van der Waals surface area (Å²) in [7, 11) is -4.30. The fourth-order valence-corrected chi connectivity index (χ4v) is 2.98. The van der Waals surface area contributed by atoms with Crippen LogP contribution in [0.25, 0.3) is 17.2 Å². The van der Waals surface area contributed by atoms with Crippen molar-refractivity contribution in [2.24, 2.45) is 0 Å². The Morgan fingerprint density at radius 3 is 1.96 bits per heavy atom. The molecule has 142 valence electrons. The fourth-order valence-electron chi connectivity index (χ4n) is 2.54. The minimum absolute atomic E-state index is 0.225. The van der Waals surface area contributed by atoms with E-state index in [0.717, 1.165) is 11.1 Å². The lowest BCUT2D eigenvalue weighted by Crippen LogP contribution is -2.10. The molecule has 7 heteroatoms. The highest BCUT2D eigenvalue weighted by atomic mass is 32.2. The van der Waals surface area contributed by atoms with Crippen molar-refractivity contribution in [1.29, 1.82) is 0 Å². The standard InChI is InChI=1S/C21H18N2O4S/c24-21(15-8-16-6-11-20(12-7-16)23-28(25,26)27)22-19-13-9-18(10-14-19)17-4-2-1-3-5-17/h1-15,23H,(H,22,24)(H,25,26,27)/b15-8+. The van der Waals surface area contributed by atoms with Crippen molar-refractivity contribution in [2.45, 2.75) is 0 Å². The molecule has 0 saturated carbocycles. The van der Waals surface area contributed by atoms with Crippen LogP contribution in [0.3, 0.4) is 0 Å². The van der Waals surface area contributed by atoms with Gasteiger partial charge in [-0.15, -0.1) is 0 Å². The normalized spacial score (nSPS) is 11.3. The number of rotatable bonds is 6. The molecule has 0 aliphatic heterocycles. The highest BCUT2D eigenvalue weighted by Crippen LogP contribution is 2.21. The minimum Gasteiger partial charge on any atom is -0.323 e. The second-order valence-corrected chi connectivity index (χ2v) is 7.12. The van der Waals surface area contributed by atoms with Crippen LogP contribution >= 0.6 is 0 Å². The van der Waals surface area contributed by atoms with E-state index in [2.05, 4.69) is 5.32 Å². The molecule has 0 aliphatic rings. The number of benzene rings is 3. The van der Waals surface area contributed by atoms with Gasteiger partial charge in [-0.05, 0) is 47.0 Å². The highest BCUT2D eigenvalue weighted by molar-refractivity contribution is 7.87. The molecule has 28 heavy (non-hydrogen) atoms. The minimum atomic E-state index is -4.30. The maximum Gasteiger partial charge on any atom is 0.357 e. The molecule has 3 N–H and O–H groups in total. The number of hydrogen-bond donors (Lipinski definition) is 3. The van der Waals surface area contributed by atoms with Gasteiger partial charge >= 0.3 is 10.3 Å². The Labute approximate surface area is 163 Å². The molecular weight excluding hydrogens is 376 g/mol. The zero-order valence-corrected chi connectivity index (χ0v) is 15.6. The molecular formula is C21H18N2O4S. The van der Waals surface area contributed by atoms with Crippen molar-refractivity contribution in [3.63, 3.8) is 0 Å². The van der Waals surface area contributed by atoms with Crippen LogP contribution in [0.2, 0.25) is 0 Å². The molecule has 0 unspecified atom stereocenters. The summed E-state index contributed by atoms with van der Waals surface area (Å²) in [4.78, 5) is 12.1. The molecule has 0 atom stereocenters. The first-order chi connectivity index (χ1) is 13.4. The van der Waals surface area contributed by atoms with Crippen molar-refractivity contribution < 1.29 is 17.8 Å². The number of hydrogen-bond acceptors (Lipinski definition) is 3. The lowest BCUT2D eigenvalue weighted by Gasteiger charge is -2.05. The fraction of sp³-hybridized carbons (Fsp3) is 0. The van der Waals surface area contributed by atoms with Gasteiger partial charge in [0.25, 0.3) is 0 Å². The topological polar surface area (TPSA) is 95.5 Å². The summed E-state index contributed by atoms with van der Waals surface area (Å²) in [5, 5.41) is 2.78. The molecule has 3 aromatic carbocycles. The van der Waals surface area contributed by atoms with Gasteiger partial charge in [0, 0.05) is 11.8 Å².